The summed E-state index contributed by atoms with van der Waals surface area (Å²) in [5, 5.41) is 0. The van der Waals surface area contributed by atoms with Crippen LogP contribution in [-0.4, -0.2) is 57.5 Å². The van der Waals surface area contributed by atoms with Crippen molar-refractivity contribution in [3.8, 4) is 0 Å². The number of hydrogen-bond donors (Lipinski definition) is 0. The quantitative estimate of drug-likeness (QED) is 0.198. The minimum absolute atomic E-state index is 0.0200. The molecule has 0 aliphatic heterocycles. The summed E-state index contributed by atoms with van der Waals surface area (Å²) >= 11 is 0. The molecule has 0 aromatic rings. The summed E-state index contributed by atoms with van der Waals surface area (Å²) in [5.74, 6) is -1.81. The minimum atomic E-state index is -1.28. The summed E-state index contributed by atoms with van der Waals surface area (Å²) in [7, 11) is 5.29. The lowest BCUT2D eigenvalue weighted by molar-refractivity contribution is -0.162. The Kier molecular flexibility index (Phi) is 9.93. The van der Waals surface area contributed by atoms with Crippen LogP contribution < -0.4 is 0 Å². The molecule has 0 rings (SSSR count). The Bertz CT molecular complexity index is 739. The van der Waals surface area contributed by atoms with Gasteiger partial charge in [0.05, 0.1) is 44.2 Å². The maximum Gasteiger partial charge on any atom is 0.333 e. The Morgan fingerprint density at radius 1 is 0.806 bits per heavy atom. The van der Waals surface area contributed by atoms with Crippen molar-refractivity contribution < 1.29 is 33.3 Å². The third-order valence-electron chi connectivity index (χ3n) is 5.61. The van der Waals surface area contributed by atoms with Crippen LogP contribution in [-0.2, 0) is 33.3 Å². The number of carbonyl (C=O) groups excluding carboxylic acids is 3. The standard InChI is InChI=1S/C23H37NO7/c1-16(17(25)28-8)12-21(4,18(26)29-9)14-22(5,19(27)30-10)15-23(6,24-7)13-20(2,3)31-11/h1,12-15H2,2-6,8-11H3. The topological polar surface area (TPSA) is 92.5 Å². The molecule has 0 aromatic carbocycles. The van der Waals surface area contributed by atoms with Gasteiger partial charge in [0.15, 0.2) is 0 Å². The van der Waals surface area contributed by atoms with E-state index in [2.05, 4.69) is 11.4 Å². The van der Waals surface area contributed by atoms with Gasteiger partial charge in [-0.05, 0) is 40.5 Å². The number of hydrogen-bond acceptors (Lipinski definition) is 7. The summed E-state index contributed by atoms with van der Waals surface area (Å²) in [6, 6.07) is 0. The van der Waals surface area contributed by atoms with E-state index in [0.29, 0.717) is 6.42 Å². The largest absolute Gasteiger partial charge is 0.469 e. The summed E-state index contributed by atoms with van der Waals surface area (Å²) in [6.07, 6.45) is 0.377. The first-order chi connectivity index (χ1) is 14.1. The normalized spacial score (nSPS) is 17.2. The fourth-order valence-electron chi connectivity index (χ4n) is 4.43. The van der Waals surface area contributed by atoms with Crippen LogP contribution in [0.2, 0.25) is 0 Å². The Morgan fingerprint density at radius 2 is 1.29 bits per heavy atom. The second kappa shape index (κ2) is 10.8. The second-order valence-electron chi connectivity index (χ2n) is 9.48. The highest BCUT2D eigenvalue weighted by Gasteiger charge is 2.53. The molecular weight excluding hydrogens is 402 g/mol. The molecule has 0 saturated heterocycles. The fraction of sp³-hybridized carbons (Fsp3) is 0.739. The first-order valence-electron chi connectivity index (χ1n) is 9.94. The molecule has 0 saturated carbocycles. The van der Waals surface area contributed by atoms with E-state index in [-0.39, 0.29) is 24.8 Å². The van der Waals surface area contributed by atoms with Gasteiger partial charge in [-0.3, -0.25) is 9.59 Å². The Hall–Kier alpha value is -2.40. The van der Waals surface area contributed by atoms with Crippen LogP contribution in [0.4, 0.5) is 0 Å². The SMILES string of the molecule is [C-]#[N+]C(C)(CC(C)(C)OC)CC(C)(CC(C)(CC(=C)C(=O)OC)C(=O)OC)C(=O)OC. The summed E-state index contributed by atoms with van der Waals surface area (Å²) in [6.45, 7) is 20.2. The molecule has 0 aliphatic carbocycles. The number of carbonyl (C=O) groups is 3. The molecule has 0 amide bonds. The summed E-state index contributed by atoms with van der Waals surface area (Å²) in [5.41, 5.74) is -3.99. The molecule has 0 bridgehead atoms. The van der Waals surface area contributed by atoms with Crippen LogP contribution in [0.15, 0.2) is 12.2 Å². The van der Waals surface area contributed by atoms with E-state index in [1.807, 2.05) is 13.8 Å². The van der Waals surface area contributed by atoms with Gasteiger partial charge in [0.2, 0.25) is 5.54 Å². The van der Waals surface area contributed by atoms with Crippen molar-refractivity contribution >= 4 is 17.9 Å². The molecule has 0 spiro atoms. The number of rotatable bonds is 12. The lowest BCUT2D eigenvalue weighted by Crippen LogP contribution is -2.46. The van der Waals surface area contributed by atoms with Gasteiger partial charge in [-0.15, -0.1) is 0 Å². The van der Waals surface area contributed by atoms with Crippen LogP contribution >= 0.6 is 0 Å². The van der Waals surface area contributed by atoms with Crippen LogP contribution in [0.3, 0.4) is 0 Å². The van der Waals surface area contributed by atoms with Gasteiger partial charge in [0.25, 0.3) is 0 Å². The maximum atomic E-state index is 12.9. The molecular formula is C23H37NO7. The molecule has 176 valence electrons. The molecule has 0 radical (unpaired) electrons. The van der Waals surface area contributed by atoms with Crippen molar-refractivity contribution in [2.24, 2.45) is 10.8 Å². The number of esters is 3. The lowest BCUT2D eigenvalue weighted by atomic mass is 9.64. The van der Waals surface area contributed by atoms with Gasteiger partial charge in [-0.2, -0.15) is 0 Å². The Labute approximate surface area is 186 Å². The Morgan fingerprint density at radius 3 is 1.68 bits per heavy atom. The smallest absolute Gasteiger partial charge is 0.333 e. The van der Waals surface area contributed by atoms with E-state index >= 15 is 0 Å². The van der Waals surface area contributed by atoms with Crippen LogP contribution in [0.1, 0.15) is 60.3 Å². The monoisotopic (exact) mass is 439 g/mol. The van der Waals surface area contributed by atoms with Crippen LogP contribution in [0.25, 0.3) is 4.85 Å². The van der Waals surface area contributed by atoms with Gasteiger partial charge in [0, 0.05) is 26.0 Å². The van der Waals surface area contributed by atoms with Gasteiger partial charge in [-0.25, -0.2) is 11.4 Å². The summed E-state index contributed by atoms with van der Waals surface area (Å²) < 4.78 is 20.2. The van der Waals surface area contributed by atoms with E-state index in [1.54, 1.807) is 27.9 Å². The highest BCUT2D eigenvalue weighted by molar-refractivity contribution is 5.89. The van der Waals surface area contributed by atoms with Crippen molar-refractivity contribution in [3.05, 3.63) is 23.6 Å². The zero-order chi connectivity index (χ0) is 24.7. The highest BCUT2D eigenvalue weighted by atomic mass is 16.5. The van der Waals surface area contributed by atoms with E-state index in [0.717, 1.165) is 0 Å². The zero-order valence-electron chi connectivity index (χ0n) is 20.3. The predicted octanol–water partition coefficient (Wildman–Crippen LogP) is 3.74. The maximum absolute atomic E-state index is 12.9. The van der Waals surface area contributed by atoms with E-state index in [1.165, 1.54) is 21.3 Å². The van der Waals surface area contributed by atoms with Gasteiger partial charge in [-0.1, -0.05) is 6.58 Å². The molecule has 8 heteroatoms. The van der Waals surface area contributed by atoms with Gasteiger partial charge in [0.1, 0.15) is 0 Å². The van der Waals surface area contributed by atoms with E-state index in [9.17, 15) is 14.4 Å². The molecule has 0 aromatic heterocycles. The molecule has 8 nitrogen and oxygen atoms in total. The van der Waals surface area contributed by atoms with Crippen molar-refractivity contribution in [2.75, 3.05) is 28.4 Å². The summed E-state index contributed by atoms with van der Waals surface area (Å²) in [4.78, 5) is 41.3. The molecule has 0 aliphatic rings. The number of nitrogens with zero attached hydrogens (tertiary/aromatic N) is 1. The van der Waals surface area contributed by atoms with Crippen molar-refractivity contribution in [3.63, 3.8) is 0 Å². The number of methoxy groups -OCH3 is 4. The molecule has 3 atom stereocenters. The van der Waals surface area contributed by atoms with Crippen molar-refractivity contribution in [1.82, 2.24) is 0 Å². The minimum Gasteiger partial charge on any atom is -0.469 e. The second-order valence-corrected chi connectivity index (χ2v) is 9.48. The first-order valence-corrected chi connectivity index (χ1v) is 9.94. The predicted molar refractivity (Wildman–Crippen MR) is 116 cm³/mol. The third-order valence-corrected chi connectivity index (χ3v) is 5.61. The van der Waals surface area contributed by atoms with E-state index < -0.39 is 39.9 Å². The van der Waals surface area contributed by atoms with E-state index in [4.69, 9.17) is 25.5 Å². The fourth-order valence-corrected chi connectivity index (χ4v) is 4.43. The highest BCUT2D eigenvalue weighted by Crippen LogP contribution is 2.46. The van der Waals surface area contributed by atoms with Crippen molar-refractivity contribution in [1.29, 1.82) is 0 Å². The van der Waals surface area contributed by atoms with Crippen LogP contribution in [0.5, 0.6) is 0 Å². The van der Waals surface area contributed by atoms with Gasteiger partial charge < -0.3 is 23.8 Å². The zero-order valence-corrected chi connectivity index (χ0v) is 20.3. The molecule has 3 unspecified atom stereocenters. The average Bonchev–Trinajstić information content (AvgIpc) is 2.70. The van der Waals surface area contributed by atoms with Crippen molar-refractivity contribution in [2.45, 2.75) is 71.4 Å². The molecule has 31 heavy (non-hydrogen) atoms. The molecule has 0 N–H and O–H groups in total. The van der Waals surface area contributed by atoms with Gasteiger partial charge >= 0.3 is 17.9 Å². The number of ether oxygens (including phenoxy) is 4. The lowest BCUT2D eigenvalue weighted by Gasteiger charge is -2.39. The van der Waals surface area contributed by atoms with Crippen LogP contribution in [0, 0.1) is 17.4 Å². The average molecular weight is 440 g/mol. The first kappa shape index (κ1) is 28.6. The molecule has 0 fully saturated rings. The molecule has 0 heterocycles. The Balaban J connectivity index is 6.25. The third kappa shape index (κ3) is 7.66.